The van der Waals surface area contributed by atoms with E-state index in [4.69, 9.17) is 9.72 Å². The first kappa shape index (κ1) is 15.5. The quantitative estimate of drug-likeness (QED) is 0.624. The number of rotatable bonds is 6. The molecule has 4 nitrogen and oxygen atoms in total. The van der Waals surface area contributed by atoms with Gasteiger partial charge in [-0.05, 0) is 24.6 Å². The van der Waals surface area contributed by atoms with Gasteiger partial charge in [-0.1, -0.05) is 35.2 Å². The van der Waals surface area contributed by atoms with Crippen LogP contribution in [0.1, 0.15) is 21.3 Å². The molecule has 0 unspecified atom stereocenters. The van der Waals surface area contributed by atoms with Crippen LogP contribution in [-0.4, -0.2) is 22.3 Å². The summed E-state index contributed by atoms with van der Waals surface area (Å²) in [6.45, 7) is 1.97. The first-order valence-corrected chi connectivity index (χ1v) is 9.40. The molecule has 2 heterocycles. The number of aryl methyl sites for hydroxylation is 1. The first-order chi connectivity index (χ1) is 10.7. The van der Waals surface area contributed by atoms with Gasteiger partial charge in [-0.3, -0.25) is 0 Å². The molecular formula is C15H15N3OS3. The molecule has 1 aromatic carbocycles. The Balaban J connectivity index is 1.58. The van der Waals surface area contributed by atoms with Gasteiger partial charge in [0, 0.05) is 17.6 Å². The Bertz CT molecular complexity index is 737. The predicted octanol–water partition coefficient (Wildman–Crippen LogP) is 4.19. The van der Waals surface area contributed by atoms with E-state index in [1.807, 2.05) is 19.1 Å². The van der Waals surface area contributed by atoms with E-state index >= 15 is 0 Å². The van der Waals surface area contributed by atoms with Gasteiger partial charge < -0.3 is 4.74 Å². The van der Waals surface area contributed by atoms with Crippen LogP contribution < -0.4 is 4.74 Å². The molecular weight excluding hydrogens is 334 g/mol. The van der Waals surface area contributed by atoms with Crippen molar-refractivity contribution in [2.45, 2.75) is 23.4 Å². The lowest BCUT2D eigenvalue weighted by atomic mass is 10.1. The molecule has 0 saturated heterocycles. The Hall–Kier alpha value is -1.44. The molecule has 0 amide bonds. The van der Waals surface area contributed by atoms with Crippen molar-refractivity contribution in [3.8, 4) is 5.75 Å². The van der Waals surface area contributed by atoms with Crippen LogP contribution >= 0.6 is 34.4 Å². The van der Waals surface area contributed by atoms with Crippen molar-refractivity contribution < 1.29 is 4.74 Å². The fourth-order valence-corrected chi connectivity index (χ4v) is 4.53. The van der Waals surface area contributed by atoms with Crippen LogP contribution in [0.25, 0.3) is 0 Å². The molecule has 3 rings (SSSR count). The summed E-state index contributed by atoms with van der Waals surface area (Å²) in [6.07, 6.45) is 0.858. The summed E-state index contributed by atoms with van der Waals surface area (Å²) in [4.78, 5) is 4.69. The van der Waals surface area contributed by atoms with Crippen molar-refractivity contribution in [2.24, 2.45) is 0 Å². The monoisotopic (exact) mass is 349 g/mol. The summed E-state index contributed by atoms with van der Waals surface area (Å²) in [5.74, 6) is 1.72. The van der Waals surface area contributed by atoms with E-state index in [0.717, 1.165) is 38.0 Å². The second kappa shape index (κ2) is 7.21. The van der Waals surface area contributed by atoms with E-state index < -0.39 is 0 Å². The second-order valence-corrected chi connectivity index (χ2v) is 7.98. The molecule has 0 saturated carbocycles. The molecule has 0 spiro atoms. The number of hydrogen-bond acceptors (Lipinski definition) is 7. The average Bonchev–Trinajstić information content (AvgIpc) is 3.15. The van der Waals surface area contributed by atoms with Crippen LogP contribution in [0.2, 0.25) is 0 Å². The second-order valence-electron chi connectivity index (χ2n) is 4.63. The normalized spacial score (nSPS) is 10.8. The van der Waals surface area contributed by atoms with E-state index in [2.05, 4.69) is 27.7 Å². The molecule has 0 N–H and O–H groups in total. The van der Waals surface area contributed by atoms with Crippen molar-refractivity contribution in [2.75, 3.05) is 7.11 Å². The first-order valence-electron chi connectivity index (χ1n) is 6.72. The van der Waals surface area contributed by atoms with Gasteiger partial charge in [0.1, 0.15) is 10.8 Å². The van der Waals surface area contributed by atoms with Gasteiger partial charge in [-0.15, -0.1) is 21.5 Å². The van der Waals surface area contributed by atoms with E-state index in [1.165, 1.54) is 5.56 Å². The maximum Gasteiger partial charge on any atom is 0.174 e. The predicted molar refractivity (Wildman–Crippen MR) is 92.1 cm³/mol. The maximum absolute atomic E-state index is 5.17. The molecule has 114 valence electrons. The van der Waals surface area contributed by atoms with Gasteiger partial charge >= 0.3 is 0 Å². The summed E-state index contributed by atoms with van der Waals surface area (Å²) in [6, 6.07) is 8.13. The molecule has 0 fully saturated rings. The fraction of sp³-hybridized carbons (Fsp3) is 0.267. The van der Waals surface area contributed by atoms with Gasteiger partial charge in [-0.25, -0.2) is 4.98 Å². The molecule has 3 aromatic rings. The minimum atomic E-state index is 0.841. The highest BCUT2D eigenvalue weighted by atomic mass is 32.2. The van der Waals surface area contributed by atoms with Crippen molar-refractivity contribution >= 4 is 34.4 Å². The average molecular weight is 350 g/mol. The minimum Gasteiger partial charge on any atom is -0.497 e. The number of ether oxygens (including phenoxy) is 1. The zero-order valence-electron chi connectivity index (χ0n) is 12.3. The lowest BCUT2D eigenvalue weighted by molar-refractivity contribution is 0.414. The van der Waals surface area contributed by atoms with Gasteiger partial charge in [0.2, 0.25) is 0 Å². The highest BCUT2D eigenvalue weighted by Crippen LogP contribution is 2.26. The molecule has 0 atom stereocenters. The molecule has 0 aliphatic rings. The largest absolute Gasteiger partial charge is 0.497 e. The number of methoxy groups -OCH3 is 1. The topological polar surface area (TPSA) is 47.9 Å². The number of thiazole rings is 1. The summed E-state index contributed by atoms with van der Waals surface area (Å²) in [7, 11) is 1.68. The van der Waals surface area contributed by atoms with E-state index in [9.17, 15) is 0 Å². The SMILES string of the molecule is COc1ccc(Cc2nc(CSc3nnc(C)s3)cs2)cc1. The van der Waals surface area contributed by atoms with Crippen molar-refractivity contribution in [3.05, 3.63) is 50.9 Å². The molecule has 0 aliphatic heterocycles. The molecule has 0 bridgehead atoms. The number of hydrogen-bond donors (Lipinski definition) is 0. The zero-order chi connectivity index (χ0) is 15.4. The third-order valence-corrected chi connectivity index (χ3v) is 5.87. The number of aromatic nitrogens is 3. The molecule has 0 radical (unpaired) electrons. The third kappa shape index (κ3) is 4.06. The summed E-state index contributed by atoms with van der Waals surface area (Å²) >= 11 is 5.02. The molecule has 7 heteroatoms. The van der Waals surface area contributed by atoms with Crippen molar-refractivity contribution in [1.82, 2.24) is 15.2 Å². The number of benzene rings is 1. The smallest absolute Gasteiger partial charge is 0.174 e. The highest BCUT2D eigenvalue weighted by molar-refractivity contribution is 8.00. The van der Waals surface area contributed by atoms with Crippen molar-refractivity contribution in [1.29, 1.82) is 0 Å². The summed E-state index contributed by atoms with van der Waals surface area (Å²) in [5, 5.41) is 12.4. The maximum atomic E-state index is 5.17. The highest BCUT2D eigenvalue weighted by Gasteiger charge is 2.07. The minimum absolute atomic E-state index is 0.841. The van der Waals surface area contributed by atoms with Crippen LogP contribution in [0.15, 0.2) is 34.0 Å². The van der Waals surface area contributed by atoms with Crippen LogP contribution in [0, 0.1) is 6.92 Å². The van der Waals surface area contributed by atoms with E-state index in [1.54, 1.807) is 41.5 Å². The molecule has 0 aliphatic carbocycles. The van der Waals surface area contributed by atoms with Crippen molar-refractivity contribution in [3.63, 3.8) is 0 Å². The van der Waals surface area contributed by atoms with Crippen LogP contribution in [-0.2, 0) is 12.2 Å². The van der Waals surface area contributed by atoms with Gasteiger partial charge in [0.05, 0.1) is 17.8 Å². The lowest BCUT2D eigenvalue weighted by Gasteiger charge is -2.01. The Morgan fingerprint density at radius 2 is 2.00 bits per heavy atom. The standard InChI is InChI=1S/C15H15N3OS3/c1-10-17-18-15(22-10)21-9-12-8-20-14(16-12)7-11-3-5-13(19-2)6-4-11/h3-6,8H,7,9H2,1-2H3. The number of nitrogens with zero attached hydrogens (tertiary/aromatic N) is 3. The Kier molecular flexibility index (Phi) is 5.07. The molecule has 2 aromatic heterocycles. The van der Waals surface area contributed by atoms with Gasteiger partial charge in [0.15, 0.2) is 4.34 Å². The Labute approximate surface area is 141 Å². The fourth-order valence-electron chi connectivity index (χ4n) is 1.89. The van der Waals surface area contributed by atoms with Crippen LogP contribution in [0.4, 0.5) is 0 Å². The van der Waals surface area contributed by atoms with Crippen LogP contribution in [0.5, 0.6) is 5.75 Å². The Morgan fingerprint density at radius 3 is 2.68 bits per heavy atom. The summed E-state index contributed by atoms with van der Waals surface area (Å²) < 4.78 is 6.18. The van der Waals surface area contributed by atoms with E-state index in [0.29, 0.717) is 0 Å². The molecule has 22 heavy (non-hydrogen) atoms. The van der Waals surface area contributed by atoms with Gasteiger partial charge in [-0.2, -0.15) is 0 Å². The number of thioether (sulfide) groups is 1. The zero-order valence-corrected chi connectivity index (χ0v) is 14.7. The van der Waals surface area contributed by atoms with Crippen LogP contribution in [0.3, 0.4) is 0 Å². The van der Waals surface area contributed by atoms with E-state index in [-0.39, 0.29) is 0 Å². The third-order valence-electron chi connectivity index (χ3n) is 2.96. The Morgan fingerprint density at radius 1 is 1.18 bits per heavy atom. The van der Waals surface area contributed by atoms with Gasteiger partial charge in [0.25, 0.3) is 0 Å². The lowest BCUT2D eigenvalue weighted by Crippen LogP contribution is -1.89. The summed E-state index contributed by atoms with van der Waals surface area (Å²) in [5.41, 5.74) is 2.35.